The van der Waals surface area contributed by atoms with Crippen molar-refractivity contribution in [2.75, 3.05) is 12.4 Å². The van der Waals surface area contributed by atoms with E-state index in [1.165, 1.54) is 29.9 Å². The predicted molar refractivity (Wildman–Crippen MR) is 125 cm³/mol. The zero-order chi connectivity index (χ0) is 23.4. The number of allylic oxidation sites excluding steroid dienone is 1. The topological polar surface area (TPSA) is 116 Å². The highest BCUT2D eigenvalue weighted by Gasteiger charge is 2.21. The molecule has 1 heterocycles. The number of nitro groups is 1. The van der Waals surface area contributed by atoms with E-state index in [0.717, 1.165) is 11.8 Å². The molecule has 32 heavy (non-hydrogen) atoms. The Balaban J connectivity index is 1.91. The quantitative estimate of drug-likeness (QED) is 0.170. The zero-order valence-corrected chi connectivity index (χ0v) is 18.8. The molecule has 0 radical (unpaired) electrons. The number of nitro benzene ring substituents is 1. The van der Waals surface area contributed by atoms with E-state index in [4.69, 9.17) is 16.3 Å². The number of carbonyl (C=O) groups excluding carboxylic acids is 1. The number of thioether (sulfide) groups is 1. The monoisotopic (exact) mass is 474 g/mol. The number of nitrogens with one attached hydrogen (secondary N) is 1. The normalized spacial score (nSPS) is 11.7. The van der Waals surface area contributed by atoms with E-state index >= 15 is 0 Å². The summed E-state index contributed by atoms with van der Waals surface area (Å²) in [6.07, 6.45) is 1.56. The zero-order valence-electron chi connectivity index (χ0n) is 17.2. The number of anilines is 1. The molecule has 11 heteroatoms. The maximum atomic E-state index is 12.9. The van der Waals surface area contributed by atoms with Gasteiger partial charge in [0.2, 0.25) is 5.91 Å². The van der Waals surface area contributed by atoms with Crippen molar-refractivity contribution in [3.05, 3.63) is 74.5 Å². The highest BCUT2D eigenvalue weighted by Crippen LogP contribution is 2.30. The maximum absolute atomic E-state index is 12.9. The van der Waals surface area contributed by atoms with E-state index in [0.29, 0.717) is 21.1 Å². The lowest BCUT2D eigenvalue weighted by atomic mass is 10.2. The molecule has 1 N–H and O–H groups in total. The standard InChI is InChI=1S/C21H19ClN4O5S/c1-4-9-25-20(28)15-10-13(22)5-7-16(15)24-21(25)32-12(2)19(27)23-17-11-14(26(29)30)6-8-18(17)31-3/h4-8,10-12H,1,9H2,2-3H3,(H,23,27)/t12-/m0/s1. The van der Waals surface area contributed by atoms with Gasteiger partial charge in [0.25, 0.3) is 11.2 Å². The largest absolute Gasteiger partial charge is 0.495 e. The van der Waals surface area contributed by atoms with Crippen LogP contribution in [0, 0.1) is 10.1 Å². The number of hydrogen-bond donors (Lipinski definition) is 1. The first kappa shape index (κ1) is 23.3. The van der Waals surface area contributed by atoms with Crippen LogP contribution in [-0.4, -0.2) is 32.7 Å². The van der Waals surface area contributed by atoms with Crippen molar-refractivity contribution in [2.45, 2.75) is 23.9 Å². The molecular formula is C21H19ClN4O5S. The van der Waals surface area contributed by atoms with Crippen LogP contribution in [0.5, 0.6) is 5.75 Å². The Labute approximate surface area is 192 Å². The van der Waals surface area contributed by atoms with Crippen molar-refractivity contribution in [2.24, 2.45) is 0 Å². The third-order valence-corrected chi connectivity index (χ3v) is 5.82. The lowest BCUT2D eigenvalue weighted by molar-refractivity contribution is -0.384. The van der Waals surface area contributed by atoms with E-state index < -0.39 is 16.1 Å². The molecule has 0 saturated heterocycles. The number of aromatic nitrogens is 2. The molecule has 0 unspecified atom stereocenters. The minimum atomic E-state index is -0.688. The third kappa shape index (κ3) is 4.92. The van der Waals surface area contributed by atoms with Crippen LogP contribution < -0.4 is 15.6 Å². The summed E-state index contributed by atoms with van der Waals surface area (Å²) in [5.41, 5.74) is 0.142. The molecular weight excluding hydrogens is 456 g/mol. The SMILES string of the molecule is C=CCn1c(S[C@@H](C)C(=O)Nc2cc([N+](=O)[O-])ccc2OC)nc2ccc(Cl)cc2c1=O. The van der Waals surface area contributed by atoms with Crippen LogP contribution in [0.4, 0.5) is 11.4 Å². The molecule has 0 saturated carbocycles. The number of rotatable bonds is 8. The fourth-order valence-corrected chi connectivity index (χ4v) is 4.00. The molecule has 9 nitrogen and oxygen atoms in total. The van der Waals surface area contributed by atoms with E-state index in [2.05, 4.69) is 16.9 Å². The van der Waals surface area contributed by atoms with Gasteiger partial charge in [-0.3, -0.25) is 24.3 Å². The van der Waals surface area contributed by atoms with E-state index in [-0.39, 0.29) is 29.2 Å². The summed E-state index contributed by atoms with van der Waals surface area (Å²) in [7, 11) is 1.40. The minimum Gasteiger partial charge on any atom is -0.495 e. The Kier molecular flexibility index (Phi) is 7.16. The molecule has 2 aromatic carbocycles. The first-order chi connectivity index (χ1) is 15.2. The summed E-state index contributed by atoms with van der Waals surface area (Å²) in [6, 6.07) is 8.73. The number of non-ortho nitro benzene ring substituents is 1. The van der Waals surface area contributed by atoms with Crippen molar-refractivity contribution in [3.63, 3.8) is 0 Å². The average Bonchev–Trinajstić information content (AvgIpc) is 2.76. The Morgan fingerprint density at radius 3 is 2.81 bits per heavy atom. The fourth-order valence-electron chi connectivity index (χ4n) is 2.91. The molecule has 3 rings (SSSR count). The van der Waals surface area contributed by atoms with E-state index in [1.54, 1.807) is 31.2 Å². The predicted octanol–water partition coefficient (Wildman–Crippen LogP) is 4.27. The Morgan fingerprint density at radius 1 is 1.41 bits per heavy atom. The van der Waals surface area contributed by atoms with Gasteiger partial charge in [0.1, 0.15) is 5.75 Å². The van der Waals surface area contributed by atoms with Gasteiger partial charge >= 0.3 is 0 Å². The maximum Gasteiger partial charge on any atom is 0.271 e. The summed E-state index contributed by atoms with van der Waals surface area (Å²) >= 11 is 7.09. The Hall–Kier alpha value is -3.37. The Bertz CT molecular complexity index is 1280. The first-order valence-electron chi connectivity index (χ1n) is 9.36. The van der Waals surface area contributed by atoms with Crippen LogP contribution in [-0.2, 0) is 11.3 Å². The molecule has 0 aliphatic rings. The molecule has 0 spiro atoms. The lowest BCUT2D eigenvalue weighted by Gasteiger charge is -2.16. The highest BCUT2D eigenvalue weighted by molar-refractivity contribution is 8.00. The van der Waals surface area contributed by atoms with E-state index in [1.807, 2.05) is 0 Å². The number of amides is 1. The molecule has 166 valence electrons. The second-order valence-corrected chi connectivity index (χ2v) is 8.40. The smallest absolute Gasteiger partial charge is 0.271 e. The van der Waals surface area contributed by atoms with Crippen LogP contribution in [0.3, 0.4) is 0 Å². The average molecular weight is 475 g/mol. The Morgan fingerprint density at radius 2 is 2.16 bits per heavy atom. The summed E-state index contributed by atoms with van der Waals surface area (Å²) in [5.74, 6) is -0.158. The van der Waals surface area contributed by atoms with Gasteiger partial charge < -0.3 is 10.1 Å². The van der Waals surface area contributed by atoms with Gasteiger partial charge in [0, 0.05) is 23.7 Å². The highest BCUT2D eigenvalue weighted by atomic mass is 35.5. The van der Waals surface area contributed by atoms with Crippen molar-refractivity contribution in [3.8, 4) is 5.75 Å². The van der Waals surface area contributed by atoms with Gasteiger partial charge in [-0.1, -0.05) is 29.4 Å². The number of fused-ring (bicyclic) bond motifs is 1. The second-order valence-electron chi connectivity index (χ2n) is 6.65. The minimum absolute atomic E-state index is 0.170. The van der Waals surface area contributed by atoms with Gasteiger partial charge in [-0.05, 0) is 31.2 Å². The first-order valence-corrected chi connectivity index (χ1v) is 10.6. The van der Waals surface area contributed by atoms with Crippen molar-refractivity contribution >= 4 is 51.5 Å². The number of carbonyl (C=O) groups is 1. The van der Waals surface area contributed by atoms with Crippen LogP contribution in [0.25, 0.3) is 10.9 Å². The van der Waals surface area contributed by atoms with Crippen LogP contribution in [0.1, 0.15) is 6.92 Å². The molecule has 1 aromatic heterocycles. The van der Waals surface area contributed by atoms with Gasteiger partial charge in [-0.25, -0.2) is 4.98 Å². The van der Waals surface area contributed by atoms with Crippen molar-refractivity contribution in [1.82, 2.24) is 9.55 Å². The number of hydrogen-bond acceptors (Lipinski definition) is 7. The molecule has 0 aliphatic heterocycles. The van der Waals surface area contributed by atoms with Crippen molar-refractivity contribution in [1.29, 1.82) is 0 Å². The molecule has 1 atom stereocenters. The lowest BCUT2D eigenvalue weighted by Crippen LogP contribution is -2.27. The van der Waals surface area contributed by atoms with Gasteiger partial charge in [-0.2, -0.15) is 0 Å². The molecule has 1 amide bonds. The third-order valence-electron chi connectivity index (χ3n) is 4.50. The summed E-state index contributed by atoms with van der Waals surface area (Å²) < 4.78 is 6.59. The van der Waals surface area contributed by atoms with Gasteiger partial charge in [-0.15, -0.1) is 6.58 Å². The molecule has 0 fully saturated rings. The number of halogens is 1. The van der Waals surface area contributed by atoms with Crippen molar-refractivity contribution < 1.29 is 14.5 Å². The second kappa shape index (κ2) is 9.84. The van der Waals surface area contributed by atoms with Crippen LogP contribution in [0.15, 0.2) is 59.0 Å². The summed E-state index contributed by atoms with van der Waals surface area (Å²) in [6.45, 7) is 5.51. The number of methoxy groups -OCH3 is 1. The van der Waals surface area contributed by atoms with Crippen LogP contribution >= 0.6 is 23.4 Å². The number of benzene rings is 2. The molecule has 3 aromatic rings. The molecule has 0 aliphatic carbocycles. The van der Waals surface area contributed by atoms with Gasteiger partial charge in [0.15, 0.2) is 5.16 Å². The van der Waals surface area contributed by atoms with E-state index in [9.17, 15) is 19.7 Å². The number of nitrogens with zero attached hydrogens (tertiary/aromatic N) is 3. The molecule has 0 bridgehead atoms. The summed E-state index contributed by atoms with van der Waals surface area (Å²) in [4.78, 5) is 40.8. The summed E-state index contributed by atoms with van der Waals surface area (Å²) in [5, 5.41) is 14.1. The van der Waals surface area contributed by atoms with Crippen LogP contribution in [0.2, 0.25) is 5.02 Å². The van der Waals surface area contributed by atoms with Gasteiger partial charge in [0.05, 0.1) is 33.9 Å². The number of ether oxygens (including phenoxy) is 1. The fraction of sp³-hybridized carbons (Fsp3) is 0.190.